The zero-order valence-electron chi connectivity index (χ0n) is 19.4. The monoisotopic (exact) mass is 592 g/mol. The summed E-state index contributed by atoms with van der Waals surface area (Å²) in [6, 6.07) is 2.83. The van der Waals surface area contributed by atoms with Crippen molar-refractivity contribution in [1.29, 1.82) is 0 Å². The lowest BCUT2D eigenvalue weighted by molar-refractivity contribution is -0.671. The number of β-lactam (4-membered cyclic amide) rings is 1. The van der Waals surface area contributed by atoms with Crippen LogP contribution in [0.1, 0.15) is 10.8 Å². The molecule has 0 spiro atoms. The van der Waals surface area contributed by atoms with Crippen LogP contribution < -0.4 is 15.6 Å². The van der Waals surface area contributed by atoms with E-state index in [-0.39, 0.29) is 16.7 Å². The Morgan fingerprint density at radius 2 is 2.24 bits per heavy atom. The molecule has 3 aromatic heterocycles. The number of carbonyl (C=O) groups is 3. The Labute approximate surface area is 232 Å². The summed E-state index contributed by atoms with van der Waals surface area (Å²) in [4.78, 5) is 52.7. The highest BCUT2D eigenvalue weighted by atomic mass is 32.2. The molecule has 0 aliphatic carbocycles. The highest BCUT2D eigenvalue weighted by molar-refractivity contribution is 8.00. The number of fused-ring (bicyclic) bond motifs is 1. The van der Waals surface area contributed by atoms with E-state index in [9.17, 15) is 18.8 Å². The fraction of sp³-hybridized carbons (Fsp3) is 0.238. The smallest absolute Gasteiger partial charge is 0.278 e. The quantitative estimate of drug-likeness (QED) is 0.125. The number of hydrogen-bond donors (Lipinski definition) is 2. The van der Waals surface area contributed by atoms with Crippen LogP contribution in [0.25, 0.3) is 16.8 Å². The molecule has 0 radical (unpaired) electrons. The largest absolute Gasteiger partial charge is 0.735 e. The first-order valence-electron chi connectivity index (χ1n) is 10.8. The third-order valence-electron chi connectivity index (χ3n) is 5.52. The van der Waals surface area contributed by atoms with Gasteiger partial charge in [0.05, 0.1) is 22.1 Å². The van der Waals surface area contributed by atoms with Gasteiger partial charge in [-0.1, -0.05) is 5.16 Å². The Balaban J connectivity index is 1.38. The van der Waals surface area contributed by atoms with E-state index < -0.39 is 40.9 Å². The number of aryl methyl sites for hydroxylation is 1. The summed E-state index contributed by atoms with van der Waals surface area (Å²) in [5.41, 5.74) is 7.39. The molecule has 0 aromatic carbocycles. The fourth-order valence-corrected chi connectivity index (χ4v) is 6.84. The van der Waals surface area contributed by atoms with Gasteiger partial charge in [-0.25, -0.2) is 13.9 Å². The number of rotatable bonds is 8. The number of nitrogens with two attached hydrogens (primary N) is 1. The van der Waals surface area contributed by atoms with Gasteiger partial charge in [-0.15, -0.1) is 23.1 Å². The molecule has 2 atom stereocenters. The van der Waals surface area contributed by atoms with E-state index in [0.717, 1.165) is 22.8 Å². The highest BCUT2D eigenvalue weighted by Crippen LogP contribution is 2.44. The number of thioether (sulfide) groups is 1. The van der Waals surface area contributed by atoms with Gasteiger partial charge in [0.15, 0.2) is 17.5 Å². The van der Waals surface area contributed by atoms with Crippen LogP contribution in [0.5, 0.6) is 0 Å². The molecule has 5 rings (SSSR count). The molecule has 12 nitrogen and oxygen atoms in total. The molecule has 1 fully saturated rings. The second kappa shape index (κ2) is 10.7. The third kappa shape index (κ3) is 4.84. The van der Waals surface area contributed by atoms with Gasteiger partial charge in [-0.2, -0.15) is 9.36 Å². The predicted molar refractivity (Wildman–Crippen MR) is 141 cm³/mol. The van der Waals surface area contributed by atoms with Gasteiger partial charge >= 0.3 is 0 Å². The van der Waals surface area contributed by atoms with E-state index in [2.05, 4.69) is 29.7 Å². The molecule has 2 amide bonds. The van der Waals surface area contributed by atoms with Crippen LogP contribution in [0.2, 0.25) is 0 Å². The predicted octanol–water partition coefficient (Wildman–Crippen LogP) is 0.601. The number of oxime groups is 1. The van der Waals surface area contributed by atoms with Crippen molar-refractivity contribution in [3.63, 3.8) is 0 Å². The molecule has 2 aliphatic rings. The van der Waals surface area contributed by atoms with E-state index in [0.29, 0.717) is 16.3 Å². The maximum atomic E-state index is 13.1. The average molecular weight is 593 g/mol. The number of halogens is 1. The normalized spacial score (nSPS) is 19.2. The second-order valence-corrected chi connectivity index (χ2v) is 11.0. The SMILES string of the molecule is C[n+]1cccc(-c2csc(C3=C(C(=O)[S-])N4C(=O)[C@@H](NC(=O)/C(=N\OCF)c5nsc(N)n5)[C@H]4SC3)n2)c1. The summed E-state index contributed by atoms with van der Waals surface area (Å²) in [7, 11) is 1.90. The standard InChI is InChI=1S/C21H17FN8O4S4/c1-29-4-2-3-9(5-29)11-7-36-17(24-11)10-6-37-19-13(18(32)30(19)14(10)20(33)35)25-16(31)12(27-34-8-22)15-26-21(23)38-28-15/h2-5,7,13,19H,6,8H2,1H3,(H3-,23,25,26,28,31,33,35)/b27-12-/t13-,19-/m1/s1. The number of nitrogens with zero attached hydrogens (tertiary/aromatic N) is 6. The van der Waals surface area contributed by atoms with E-state index in [1.54, 1.807) is 0 Å². The molecule has 196 valence electrons. The molecule has 2 aliphatic heterocycles. The van der Waals surface area contributed by atoms with Crippen molar-refractivity contribution in [2.45, 2.75) is 11.4 Å². The number of amides is 2. The van der Waals surface area contributed by atoms with E-state index >= 15 is 0 Å². The van der Waals surface area contributed by atoms with Crippen LogP contribution in [0.15, 0.2) is 40.8 Å². The van der Waals surface area contributed by atoms with Gasteiger partial charge in [0.25, 0.3) is 18.7 Å². The number of nitrogen functional groups attached to an aromatic ring is 1. The molecule has 0 unspecified atom stereocenters. The van der Waals surface area contributed by atoms with Crippen molar-refractivity contribution in [3.8, 4) is 11.3 Å². The topological polar surface area (TPSA) is 157 Å². The van der Waals surface area contributed by atoms with Gasteiger partial charge in [0.2, 0.25) is 11.5 Å². The Bertz CT molecular complexity index is 1510. The lowest BCUT2D eigenvalue weighted by Crippen LogP contribution is -2.70. The number of hydrogen-bond acceptors (Lipinski definition) is 13. The van der Waals surface area contributed by atoms with E-state index in [1.807, 2.05) is 41.5 Å². The Morgan fingerprint density at radius 1 is 1.42 bits per heavy atom. The first-order valence-corrected chi connectivity index (χ1v) is 13.9. The summed E-state index contributed by atoms with van der Waals surface area (Å²) in [6.07, 6.45) is 3.83. The minimum atomic E-state index is -1.29. The molecule has 0 bridgehead atoms. The molecule has 0 saturated carbocycles. The van der Waals surface area contributed by atoms with Crippen LogP contribution in [0.3, 0.4) is 0 Å². The van der Waals surface area contributed by atoms with Crippen LogP contribution in [0.4, 0.5) is 9.52 Å². The first kappa shape index (κ1) is 26.1. The van der Waals surface area contributed by atoms with Crippen molar-refractivity contribution < 1.29 is 28.2 Å². The van der Waals surface area contributed by atoms with Crippen LogP contribution in [-0.4, -0.2) is 65.9 Å². The van der Waals surface area contributed by atoms with Gasteiger partial charge in [-0.05, 0) is 6.07 Å². The Morgan fingerprint density at radius 3 is 2.92 bits per heavy atom. The van der Waals surface area contributed by atoms with Crippen molar-refractivity contribution in [3.05, 3.63) is 46.4 Å². The first-order chi connectivity index (χ1) is 18.3. The van der Waals surface area contributed by atoms with Crippen LogP contribution in [0, 0.1) is 0 Å². The third-order valence-corrected chi connectivity index (χ3v) is 8.44. The fourth-order valence-electron chi connectivity index (χ4n) is 3.87. The van der Waals surface area contributed by atoms with Crippen LogP contribution >= 0.6 is 34.6 Å². The minimum absolute atomic E-state index is 0.0623. The molecular formula is C21H17FN8O4S4. The lowest BCUT2D eigenvalue weighted by Gasteiger charge is -2.50. The lowest BCUT2D eigenvalue weighted by atomic mass is 10.0. The Hall–Kier alpha value is -3.54. The maximum absolute atomic E-state index is 13.1. The van der Waals surface area contributed by atoms with Gasteiger partial charge < -0.3 is 33.3 Å². The Kier molecular flexibility index (Phi) is 7.33. The van der Waals surface area contributed by atoms with Crippen LogP contribution in [-0.2, 0) is 38.9 Å². The maximum Gasteiger partial charge on any atom is 0.278 e. The van der Waals surface area contributed by atoms with Gasteiger partial charge in [0, 0.05) is 34.3 Å². The molecular weight excluding hydrogens is 576 g/mol. The van der Waals surface area contributed by atoms with Crippen molar-refractivity contribution in [1.82, 2.24) is 24.6 Å². The molecule has 3 N–H and O–H groups in total. The number of alkyl halides is 1. The number of pyridine rings is 1. The second-order valence-electron chi connectivity index (χ2n) is 7.91. The number of anilines is 1. The zero-order chi connectivity index (χ0) is 27.0. The molecule has 38 heavy (non-hydrogen) atoms. The zero-order valence-corrected chi connectivity index (χ0v) is 22.6. The molecule has 3 aromatic rings. The van der Waals surface area contributed by atoms with Gasteiger partial charge in [0.1, 0.15) is 23.5 Å². The number of thiazole rings is 1. The number of carbonyl (C=O) groups excluding carboxylic acids is 3. The average Bonchev–Trinajstić information content (AvgIpc) is 3.56. The van der Waals surface area contributed by atoms with Crippen molar-refractivity contribution in [2.75, 3.05) is 18.3 Å². The van der Waals surface area contributed by atoms with E-state index in [1.165, 1.54) is 28.0 Å². The summed E-state index contributed by atoms with van der Waals surface area (Å²) in [5.74, 6) is -1.24. The summed E-state index contributed by atoms with van der Waals surface area (Å²) in [6.45, 7) is -1.29. The van der Waals surface area contributed by atoms with Crippen molar-refractivity contribution in [2.24, 2.45) is 12.2 Å². The van der Waals surface area contributed by atoms with Crippen molar-refractivity contribution >= 4 is 80.6 Å². The summed E-state index contributed by atoms with van der Waals surface area (Å²) >= 11 is 8.48. The minimum Gasteiger partial charge on any atom is -0.735 e. The molecule has 1 saturated heterocycles. The number of nitrogens with one attached hydrogen (secondary N) is 1. The highest BCUT2D eigenvalue weighted by Gasteiger charge is 2.53. The molecule has 5 heterocycles. The van der Waals surface area contributed by atoms with E-state index in [4.69, 9.17) is 18.4 Å². The molecule has 17 heteroatoms. The van der Waals surface area contributed by atoms with Gasteiger partial charge in [-0.3, -0.25) is 14.5 Å². The number of aromatic nitrogens is 4. The summed E-state index contributed by atoms with van der Waals surface area (Å²) < 4.78 is 18.3. The summed E-state index contributed by atoms with van der Waals surface area (Å²) in [5, 5.41) is 7.19.